The first kappa shape index (κ1) is 18.9. The van der Waals surface area contributed by atoms with Crippen LogP contribution in [0.4, 0.5) is 8.78 Å². The molecule has 0 spiro atoms. The van der Waals surface area contributed by atoms with E-state index in [-0.39, 0.29) is 0 Å². The number of pyridine rings is 1. The summed E-state index contributed by atoms with van der Waals surface area (Å²) >= 11 is 3.28. The topological polar surface area (TPSA) is 82.3 Å². The summed E-state index contributed by atoms with van der Waals surface area (Å²) in [6.45, 7) is 3.03. The van der Waals surface area contributed by atoms with E-state index in [1.54, 1.807) is 37.4 Å². The van der Waals surface area contributed by atoms with Crippen LogP contribution in [0.1, 0.15) is 26.0 Å². The Bertz CT molecular complexity index is 768. The van der Waals surface area contributed by atoms with Crippen molar-refractivity contribution in [1.82, 2.24) is 4.98 Å². The number of primary amides is 1. The average molecular weight is 429 g/mol. The standard InChI is InChI=1S/C18H19BrF2N2O3/c1-9-13(6-5-12-4-3-11(19)7-23-12)14-10(2)26-16(25)17(14,15(22)24)8-18(9,20)21/h3-7,9-10,13-14H,8H2,1-2H3,(H2,22,24)/b6-5+/t9-,10+,13-,14-,17+/m0/s1. The molecule has 1 saturated carbocycles. The van der Waals surface area contributed by atoms with Crippen molar-refractivity contribution in [2.45, 2.75) is 32.3 Å². The van der Waals surface area contributed by atoms with Gasteiger partial charge in [0, 0.05) is 28.9 Å². The van der Waals surface area contributed by atoms with Crippen LogP contribution in [-0.2, 0) is 14.3 Å². The van der Waals surface area contributed by atoms with E-state index in [9.17, 15) is 18.4 Å². The fraction of sp³-hybridized carbons (Fsp3) is 0.500. The minimum atomic E-state index is -3.23. The van der Waals surface area contributed by atoms with Crippen LogP contribution in [0.3, 0.4) is 0 Å². The number of cyclic esters (lactones) is 1. The van der Waals surface area contributed by atoms with Crippen LogP contribution in [0.25, 0.3) is 6.08 Å². The fourth-order valence-electron chi connectivity index (χ4n) is 4.17. The summed E-state index contributed by atoms with van der Waals surface area (Å²) in [5.41, 5.74) is 4.01. The third-order valence-electron chi connectivity index (χ3n) is 5.58. The molecule has 2 aliphatic rings. The van der Waals surface area contributed by atoms with Crippen molar-refractivity contribution in [1.29, 1.82) is 0 Å². The van der Waals surface area contributed by atoms with Gasteiger partial charge >= 0.3 is 5.97 Å². The maximum atomic E-state index is 14.7. The quantitative estimate of drug-likeness (QED) is 0.591. The molecule has 0 aromatic carbocycles. The van der Waals surface area contributed by atoms with Gasteiger partial charge in [0.1, 0.15) is 6.10 Å². The van der Waals surface area contributed by atoms with Crippen LogP contribution >= 0.6 is 15.9 Å². The lowest BCUT2D eigenvalue weighted by molar-refractivity contribution is -0.177. The van der Waals surface area contributed by atoms with E-state index < -0.39 is 53.5 Å². The van der Waals surface area contributed by atoms with Gasteiger partial charge in [-0.25, -0.2) is 8.78 Å². The number of nitrogens with two attached hydrogens (primary N) is 1. The number of fused-ring (bicyclic) bond motifs is 1. The van der Waals surface area contributed by atoms with Gasteiger partial charge in [-0.05, 0) is 47.0 Å². The molecule has 2 fully saturated rings. The molecule has 0 unspecified atom stereocenters. The Morgan fingerprint density at radius 2 is 2.12 bits per heavy atom. The van der Waals surface area contributed by atoms with E-state index >= 15 is 0 Å². The molecule has 2 heterocycles. The summed E-state index contributed by atoms with van der Waals surface area (Å²) in [4.78, 5) is 28.6. The number of carbonyl (C=O) groups is 2. The zero-order chi connectivity index (χ0) is 19.3. The molecule has 1 aliphatic heterocycles. The number of halogens is 3. The maximum absolute atomic E-state index is 14.7. The minimum absolute atomic E-state index is 0.580. The van der Waals surface area contributed by atoms with Crippen molar-refractivity contribution < 1.29 is 23.1 Å². The molecule has 8 heteroatoms. The molecule has 26 heavy (non-hydrogen) atoms. The van der Waals surface area contributed by atoms with Crippen LogP contribution in [0.5, 0.6) is 0 Å². The number of alkyl halides is 2. The van der Waals surface area contributed by atoms with Gasteiger partial charge in [0.15, 0.2) is 5.41 Å². The van der Waals surface area contributed by atoms with Crippen LogP contribution < -0.4 is 5.73 Å². The summed E-state index contributed by atoms with van der Waals surface area (Å²) in [6, 6.07) is 3.51. The van der Waals surface area contributed by atoms with Gasteiger partial charge in [0.05, 0.1) is 5.69 Å². The van der Waals surface area contributed by atoms with Crippen LogP contribution in [0, 0.1) is 23.2 Å². The minimum Gasteiger partial charge on any atom is -0.461 e. The molecule has 1 amide bonds. The van der Waals surface area contributed by atoms with Crippen LogP contribution in [0.2, 0.25) is 0 Å². The number of aromatic nitrogens is 1. The molecule has 140 valence electrons. The zero-order valence-corrected chi connectivity index (χ0v) is 15.9. The fourth-order valence-corrected chi connectivity index (χ4v) is 4.41. The first-order valence-corrected chi connectivity index (χ1v) is 9.07. The first-order valence-electron chi connectivity index (χ1n) is 8.28. The predicted molar refractivity (Wildman–Crippen MR) is 93.9 cm³/mol. The monoisotopic (exact) mass is 428 g/mol. The van der Waals surface area contributed by atoms with E-state index in [4.69, 9.17) is 10.5 Å². The lowest BCUT2D eigenvalue weighted by Crippen LogP contribution is -2.58. The van der Waals surface area contributed by atoms with Gasteiger partial charge in [-0.1, -0.05) is 13.0 Å². The number of nitrogens with zero attached hydrogens (tertiary/aromatic N) is 1. The van der Waals surface area contributed by atoms with Gasteiger partial charge in [0.25, 0.3) is 5.92 Å². The van der Waals surface area contributed by atoms with Gasteiger partial charge in [-0.15, -0.1) is 0 Å². The molecule has 5 atom stereocenters. The number of hydrogen-bond donors (Lipinski definition) is 1. The zero-order valence-electron chi connectivity index (χ0n) is 14.3. The first-order chi connectivity index (χ1) is 12.1. The van der Waals surface area contributed by atoms with Crippen molar-refractivity contribution in [3.05, 3.63) is 34.6 Å². The highest BCUT2D eigenvalue weighted by molar-refractivity contribution is 9.10. The lowest BCUT2D eigenvalue weighted by Gasteiger charge is -2.46. The van der Waals surface area contributed by atoms with Crippen LogP contribution in [-0.4, -0.2) is 28.9 Å². The molecule has 1 saturated heterocycles. The van der Waals surface area contributed by atoms with Crippen molar-refractivity contribution in [3.8, 4) is 0 Å². The average Bonchev–Trinajstić information content (AvgIpc) is 2.80. The second-order valence-corrected chi connectivity index (χ2v) is 7.95. The van der Waals surface area contributed by atoms with E-state index in [1.807, 2.05) is 0 Å². The molecule has 2 N–H and O–H groups in total. The SMILES string of the molecule is C[C@H]1OC(=O)[C@]2(C(N)=O)CC(F)(F)[C@@H](C)[C@H](/C=C/c3ccc(Br)cn3)[C@H]12. The van der Waals surface area contributed by atoms with Gasteiger partial charge in [-0.3, -0.25) is 14.6 Å². The summed E-state index contributed by atoms with van der Waals surface area (Å²) in [5, 5.41) is 0. The Balaban J connectivity index is 2.05. The molecule has 5 nitrogen and oxygen atoms in total. The Morgan fingerprint density at radius 3 is 2.69 bits per heavy atom. The second-order valence-electron chi connectivity index (χ2n) is 7.04. The van der Waals surface area contributed by atoms with Gasteiger partial charge in [0.2, 0.25) is 5.91 Å². The van der Waals surface area contributed by atoms with Crippen molar-refractivity contribution in [2.75, 3.05) is 0 Å². The number of esters is 1. The maximum Gasteiger partial charge on any atom is 0.322 e. The highest BCUT2D eigenvalue weighted by Gasteiger charge is 2.70. The highest BCUT2D eigenvalue weighted by Crippen LogP contribution is 2.59. The summed E-state index contributed by atoms with van der Waals surface area (Å²) in [6.07, 6.45) is 3.22. The summed E-state index contributed by atoms with van der Waals surface area (Å²) in [7, 11) is 0. The second kappa shape index (κ2) is 6.40. The molecule has 0 bridgehead atoms. The van der Waals surface area contributed by atoms with E-state index in [2.05, 4.69) is 20.9 Å². The van der Waals surface area contributed by atoms with E-state index in [1.165, 1.54) is 6.92 Å². The number of rotatable bonds is 3. The van der Waals surface area contributed by atoms with Gasteiger partial charge in [-0.2, -0.15) is 0 Å². The summed E-state index contributed by atoms with van der Waals surface area (Å²) in [5.74, 6) is -7.81. The molecular formula is C18H19BrF2N2O3. The number of allylic oxidation sites excluding steroid dienone is 1. The molecule has 1 aromatic heterocycles. The Hall–Kier alpha value is -1.83. The Kier molecular flexibility index (Phi) is 4.67. The number of ether oxygens (including phenoxy) is 1. The lowest BCUT2D eigenvalue weighted by atomic mass is 9.56. The number of amides is 1. The molecular weight excluding hydrogens is 410 g/mol. The largest absolute Gasteiger partial charge is 0.461 e. The predicted octanol–water partition coefficient (Wildman–Crippen LogP) is 3.18. The van der Waals surface area contributed by atoms with Crippen molar-refractivity contribution in [2.24, 2.45) is 28.9 Å². The number of hydrogen-bond acceptors (Lipinski definition) is 4. The van der Waals surface area contributed by atoms with E-state index in [0.717, 1.165) is 4.47 Å². The summed E-state index contributed by atoms with van der Waals surface area (Å²) < 4.78 is 35.4. The molecule has 0 radical (unpaired) electrons. The highest BCUT2D eigenvalue weighted by atomic mass is 79.9. The molecule has 3 rings (SSSR count). The van der Waals surface area contributed by atoms with Crippen LogP contribution in [0.15, 0.2) is 28.9 Å². The third kappa shape index (κ3) is 2.84. The smallest absolute Gasteiger partial charge is 0.322 e. The number of carbonyl (C=O) groups excluding carboxylic acids is 2. The third-order valence-corrected chi connectivity index (χ3v) is 6.05. The normalized spacial score (nSPS) is 36.0. The molecule has 1 aromatic rings. The Morgan fingerprint density at radius 1 is 1.42 bits per heavy atom. The molecule has 1 aliphatic carbocycles. The Labute approximate surface area is 158 Å². The van der Waals surface area contributed by atoms with Gasteiger partial charge < -0.3 is 10.5 Å². The van der Waals surface area contributed by atoms with Crippen molar-refractivity contribution >= 4 is 33.9 Å². The van der Waals surface area contributed by atoms with Crippen molar-refractivity contribution in [3.63, 3.8) is 0 Å². The van der Waals surface area contributed by atoms with E-state index in [0.29, 0.717) is 5.69 Å².